The normalized spacial score (nSPS) is 9.93. The van der Waals surface area contributed by atoms with Crippen molar-refractivity contribution in [2.75, 3.05) is 18.6 Å². The molecule has 0 amide bonds. The third-order valence-electron chi connectivity index (χ3n) is 1.98. The highest BCUT2D eigenvalue weighted by molar-refractivity contribution is 7.98. The Morgan fingerprint density at radius 2 is 2.33 bits per heavy atom. The Morgan fingerprint density at radius 3 is 2.93 bits per heavy atom. The minimum Gasteiger partial charge on any atom is -0.312 e. The van der Waals surface area contributed by atoms with Crippen LogP contribution in [-0.2, 0) is 6.54 Å². The predicted molar refractivity (Wildman–Crippen MR) is 66.3 cm³/mol. The van der Waals surface area contributed by atoms with Crippen molar-refractivity contribution in [1.29, 1.82) is 5.26 Å². The van der Waals surface area contributed by atoms with Crippen LogP contribution in [0.2, 0.25) is 5.02 Å². The predicted octanol–water partition coefficient (Wildman–Crippen LogP) is 2.66. The van der Waals surface area contributed by atoms with E-state index in [1.165, 1.54) is 0 Å². The molecule has 0 aliphatic heterocycles. The fourth-order valence-corrected chi connectivity index (χ4v) is 1.75. The van der Waals surface area contributed by atoms with Gasteiger partial charge in [0.2, 0.25) is 0 Å². The maximum atomic E-state index is 8.67. The van der Waals surface area contributed by atoms with Gasteiger partial charge in [-0.25, -0.2) is 0 Å². The number of hydrogen-bond donors (Lipinski definition) is 1. The van der Waals surface area contributed by atoms with Crippen LogP contribution < -0.4 is 5.32 Å². The zero-order valence-electron chi connectivity index (χ0n) is 8.59. The summed E-state index contributed by atoms with van der Waals surface area (Å²) in [5, 5.41) is 12.6. The molecular weight excluding hydrogens is 228 g/mol. The summed E-state index contributed by atoms with van der Waals surface area (Å²) >= 11 is 7.83. The fraction of sp³-hybridized carbons (Fsp3) is 0.364. The van der Waals surface area contributed by atoms with Gasteiger partial charge in [0.1, 0.15) is 0 Å². The van der Waals surface area contributed by atoms with Gasteiger partial charge in [-0.15, -0.1) is 0 Å². The van der Waals surface area contributed by atoms with E-state index in [2.05, 4.69) is 17.6 Å². The molecule has 0 aliphatic rings. The number of nitrogens with one attached hydrogen (secondary N) is 1. The van der Waals surface area contributed by atoms with Crippen molar-refractivity contribution in [3.05, 3.63) is 34.3 Å². The third kappa shape index (κ3) is 4.13. The lowest BCUT2D eigenvalue weighted by Gasteiger charge is -2.06. The molecule has 1 N–H and O–H groups in total. The van der Waals surface area contributed by atoms with Gasteiger partial charge in [0.15, 0.2) is 0 Å². The molecule has 0 fully saturated rings. The second-order valence-electron chi connectivity index (χ2n) is 3.09. The van der Waals surface area contributed by atoms with E-state index >= 15 is 0 Å². The Labute approximate surface area is 99.6 Å². The van der Waals surface area contributed by atoms with E-state index in [0.717, 1.165) is 24.4 Å². The number of benzene rings is 1. The molecule has 0 saturated carbocycles. The van der Waals surface area contributed by atoms with E-state index in [1.54, 1.807) is 12.1 Å². The van der Waals surface area contributed by atoms with Crippen molar-refractivity contribution in [2.24, 2.45) is 0 Å². The topological polar surface area (TPSA) is 35.8 Å². The van der Waals surface area contributed by atoms with Gasteiger partial charge in [0.05, 0.1) is 11.6 Å². The molecule has 80 valence electrons. The molecule has 0 aromatic heterocycles. The summed E-state index contributed by atoms with van der Waals surface area (Å²) in [6.07, 6.45) is 2.08. The average Bonchev–Trinajstić information content (AvgIpc) is 2.26. The maximum Gasteiger partial charge on any atom is 0.0992 e. The minimum absolute atomic E-state index is 0.605. The molecule has 0 unspecified atom stereocenters. The summed E-state index contributed by atoms with van der Waals surface area (Å²) in [5.41, 5.74) is 1.64. The molecule has 0 saturated heterocycles. The van der Waals surface area contributed by atoms with E-state index in [1.807, 2.05) is 17.8 Å². The molecule has 15 heavy (non-hydrogen) atoms. The van der Waals surface area contributed by atoms with Gasteiger partial charge < -0.3 is 5.32 Å². The molecule has 1 aromatic carbocycles. The first-order valence-corrected chi connectivity index (χ1v) is 6.43. The summed E-state index contributed by atoms with van der Waals surface area (Å²) in [4.78, 5) is 0. The van der Waals surface area contributed by atoms with Crippen LogP contribution in [0.1, 0.15) is 11.1 Å². The third-order valence-corrected chi connectivity index (χ3v) is 2.94. The molecule has 0 atom stereocenters. The molecule has 2 nitrogen and oxygen atoms in total. The first-order chi connectivity index (χ1) is 7.27. The summed E-state index contributed by atoms with van der Waals surface area (Å²) < 4.78 is 0. The van der Waals surface area contributed by atoms with E-state index in [9.17, 15) is 0 Å². The smallest absolute Gasteiger partial charge is 0.0992 e. The van der Waals surface area contributed by atoms with Crippen LogP contribution in [0.15, 0.2) is 18.2 Å². The van der Waals surface area contributed by atoms with E-state index in [0.29, 0.717) is 10.6 Å². The summed E-state index contributed by atoms with van der Waals surface area (Å²) in [6, 6.07) is 7.45. The fourth-order valence-electron chi connectivity index (χ4n) is 1.16. The van der Waals surface area contributed by atoms with Gasteiger partial charge in [-0.2, -0.15) is 17.0 Å². The molecule has 0 radical (unpaired) electrons. The molecule has 0 bridgehead atoms. The molecule has 4 heteroatoms. The standard InChI is InChI=1S/C11H13ClN2S/c1-15-5-4-14-8-10-3-2-9(7-13)6-11(10)12/h2-3,6,14H,4-5,8H2,1H3. The number of halogens is 1. The number of nitrogens with zero attached hydrogens (tertiary/aromatic N) is 1. The number of nitriles is 1. The van der Waals surface area contributed by atoms with Crippen LogP contribution in [0.5, 0.6) is 0 Å². The zero-order chi connectivity index (χ0) is 11.1. The maximum absolute atomic E-state index is 8.67. The van der Waals surface area contributed by atoms with Gasteiger partial charge in [-0.3, -0.25) is 0 Å². The Bertz CT molecular complexity index is 360. The summed E-state index contributed by atoms with van der Waals surface area (Å²) in [7, 11) is 0. The Kier molecular flexibility index (Phi) is 5.56. The minimum atomic E-state index is 0.605. The molecule has 0 aliphatic carbocycles. The lowest BCUT2D eigenvalue weighted by Crippen LogP contribution is -2.16. The molecule has 1 rings (SSSR count). The number of rotatable bonds is 5. The van der Waals surface area contributed by atoms with E-state index in [4.69, 9.17) is 16.9 Å². The second-order valence-corrected chi connectivity index (χ2v) is 4.48. The molecule has 0 spiro atoms. The van der Waals surface area contributed by atoms with E-state index < -0.39 is 0 Å². The largest absolute Gasteiger partial charge is 0.312 e. The van der Waals surface area contributed by atoms with Crippen molar-refractivity contribution in [2.45, 2.75) is 6.54 Å². The van der Waals surface area contributed by atoms with Crippen LogP contribution in [0.25, 0.3) is 0 Å². The van der Waals surface area contributed by atoms with Crippen molar-refractivity contribution in [3.63, 3.8) is 0 Å². The Morgan fingerprint density at radius 1 is 1.53 bits per heavy atom. The Hall–Kier alpha value is -0.690. The molecular formula is C11H13ClN2S. The second kappa shape index (κ2) is 6.73. The first kappa shape index (κ1) is 12.4. The Balaban J connectivity index is 2.52. The van der Waals surface area contributed by atoms with Crippen molar-refractivity contribution in [3.8, 4) is 6.07 Å². The van der Waals surface area contributed by atoms with Gasteiger partial charge in [0.25, 0.3) is 0 Å². The quantitative estimate of drug-likeness (QED) is 0.804. The zero-order valence-corrected chi connectivity index (χ0v) is 10.2. The van der Waals surface area contributed by atoms with E-state index in [-0.39, 0.29) is 0 Å². The first-order valence-electron chi connectivity index (χ1n) is 4.66. The summed E-state index contributed by atoms with van der Waals surface area (Å²) in [5.74, 6) is 1.09. The van der Waals surface area contributed by atoms with Crippen molar-refractivity contribution < 1.29 is 0 Å². The highest BCUT2D eigenvalue weighted by Gasteiger charge is 2.00. The van der Waals surface area contributed by atoms with Crippen LogP contribution in [-0.4, -0.2) is 18.6 Å². The highest BCUT2D eigenvalue weighted by Crippen LogP contribution is 2.17. The molecule has 0 heterocycles. The lowest BCUT2D eigenvalue weighted by atomic mass is 10.1. The SMILES string of the molecule is CSCCNCc1ccc(C#N)cc1Cl. The summed E-state index contributed by atoms with van der Waals surface area (Å²) in [6.45, 7) is 1.72. The number of thioether (sulfide) groups is 1. The van der Waals surface area contributed by atoms with Gasteiger partial charge in [-0.05, 0) is 24.0 Å². The van der Waals surface area contributed by atoms with Crippen LogP contribution in [0.3, 0.4) is 0 Å². The van der Waals surface area contributed by atoms with Gasteiger partial charge in [0, 0.05) is 23.9 Å². The van der Waals surface area contributed by atoms with Gasteiger partial charge in [-0.1, -0.05) is 17.7 Å². The lowest BCUT2D eigenvalue weighted by molar-refractivity contribution is 0.732. The van der Waals surface area contributed by atoms with Crippen molar-refractivity contribution >= 4 is 23.4 Å². The number of hydrogen-bond acceptors (Lipinski definition) is 3. The monoisotopic (exact) mass is 240 g/mol. The molecule has 1 aromatic rings. The highest BCUT2D eigenvalue weighted by atomic mass is 35.5. The van der Waals surface area contributed by atoms with Crippen LogP contribution >= 0.6 is 23.4 Å². The van der Waals surface area contributed by atoms with Gasteiger partial charge >= 0.3 is 0 Å². The average molecular weight is 241 g/mol. The van der Waals surface area contributed by atoms with Crippen LogP contribution in [0.4, 0.5) is 0 Å². The van der Waals surface area contributed by atoms with Crippen LogP contribution in [0, 0.1) is 11.3 Å². The van der Waals surface area contributed by atoms with Crippen molar-refractivity contribution in [1.82, 2.24) is 5.32 Å².